The van der Waals surface area contributed by atoms with Crippen LogP contribution in [0.2, 0.25) is 0 Å². The lowest BCUT2D eigenvalue weighted by molar-refractivity contribution is -0.151. The highest BCUT2D eigenvalue weighted by Crippen LogP contribution is 2.27. The number of amides is 1. The number of rotatable bonds is 11. The Morgan fingerprint density at radius 1 is 1.41 bits per heavy atom. The van der Waals surface area contributed by atoms with Gasteiger partial charge in [-0.05, 0) is 20.3 Å². The number of carbonyl (C=O) groups is 2. The highest BCUT2D eigenvalue weighted by Gasteiger charge is 2.24. The summed E-state index contributed by atoms with van der Waals surface area (Å²) in [5.74, 6) is -1.59. The molecule has 0 saturated heterocycles. The van der Waals surface area contributed by atoms with E-state index in [-0.39, 0.29) is 17.5 Å². The fourth-order valence-electron chi connectivity index (χ4n) is 2.27. The topological polar surface area (TPSA) is 107 Å². The SMILES string of the molecule is C=CC(CC(C)OC(=O)[C@H](C)NC(=O)c1nccc(OC)c1O)OCCC. The van der Waals surface area contributed by atoms with Gasteiger partial charge in [0, 0.05) is 25.3 Å². The van der Waals surface area contributed by atoms with Crippen molar-refractivity contribution in [2.24, 2.45) is 0 Å². The predicted octanol–water partition coefficient (Wildman–Crippen LogP) is 2.22. The molecule has 27 heavy (non-hydrogen) atoms. The second-order valence-electron chi connectivity index (χ2n) is 6.03. The standard InChI is InChI=1S/C19H28N2O6/c1-6-10-26-14(7-2)11-12(3)27-19(24)13(4)21-18(23)16-17(22)15(25-5)8-9-20-16/h7-9,12-14,22H,2,6,10-11H2,1,3-5H3,(H,21,23)/t12?,13-,14?/m0/s1. The molecular weight excluding hydrogens is 352 g/mol. The number of nitrogens with one attached hydrogen (secondary N) is 1. The van der Waals surface area contributed by atoms with Crippen molar-refractivity contribution in [1.82, 2.24) is 10.3 Å². The van der Waals surface area contributed by atoms with E-state index in [1.807, 2.05) is 6.92 Å². The summed E-state index contributed by atoms with van der Waals surface area (Å²) in [4.78, 5) is 28.3. The Morgan fingerprint density at radius 3 is 2.70 bits per heavy atom. The van der Waals surface area contributed by atoms with E-state index >= 15 is 0 Å². The van der Waals surface area contributed by atoms with Crippen molar-refractivity contribution >= 4 is 11.9 Å². The number of carbonyl (C=O) groups excluding carboxylic acids is 2. The Kier molecular flexibility index (Phi) is 9.29. The van der Waals surface area contributed by atoms with Crippen LogP contribution >= 0.6 is 0 Å². The maximum atomic E-state index is 12.2. The quantitative estimate of drug-likeness (QED) is 0.448. The fraction of sp³-hybridized carbons (Fsp3) is 0.526. The van der Waals surface area contributed by atoms with Crippen molar-refractivity contribution in [3.05, 3.63) is 30.6 Å². The molecule has 1 heterocycles. The van der Waals surface area contributed by atoms with E-state index in [4.69, 9.17) is 14.2 Å². The summed E-state index contributed by atoms with van der Waals surface area (Å²) in [7, 11) is 1.36. The molecule has 0 aliphatic carbocycles. The van der Waals surface area contributed by atoms with Gasteiger partial charge in [-0.3, -0.25) is 4.79 Å². The molecule has 3 atom stereocenters. The molecule has 2 N–H and O–H groups in total. The molecule has 2 unspecified atom stereocenters. The number of hydrogen-bond donors (Lipinski definition) is 2. The minimum Gasteiger partial charge on any atom is -0.503 e. The lowest BCUT2D eigenvalue weighted by Crippen LogP contribution is -2.41. The van der Waals surface area contributed by atoms with E-state index in [0.717, 1.165) is 6.42 Å². The number of aromatic hydroxyl groups is 1. The predicted molar refractivity (Wildman–Crippen MR) is 99.8 cm³/mol. The molecule has 1 aromatic heterocycles. The Balaban J connectivity index is 2.61. The molecule has 0 fully saturated rings. The third kappa shape index (κ3) is 6.90. The van der Waals surface area contributed by atoms with Gasteiger partial charge in [-0.15, -0.1) is 6.58 Å². The minimum atomic E-state index is -0.925. The Bertz CT molecular complexity index is 649. The van der Waals surface area contributed by atoms with Crippen LogP contribution in [0.5, 0.6) is 11.5 Å². The molecule has 150 valence electrons. The molecule has 0 bridgehead atoms. The van der Waals surface area contributed by atoms with Gasteiger partial charge in [0.25, 0.3) is 5.91 Å². The average Bonchev–Trinajstić information content (AvgIpc) is 2.64. The lowest BCUT2D eigenvalue weighted by atomic mass is 10.1. The van der Waals surface area contributed by atoms with Crippen LogP contribution in [0.1, 0.15) is 44.1 Å². The number of hydrogen-bond acceptors (Lipinski definition) is 7. The number of esters is 1. The summed E-state index contributed by atoms with van der Waals surface area (Å²) in [6.45, 7) is 9.55. The van der Waals surface area contributed by atoms with Crippen LogP contribution in [-0.2, 0) is 14.3 Å². The van der Waals surface area contributed by atoms with E-state index < -0.39 is 29.8 Å². The molecule has 0 spiro atoms. The van der Waals surface area contributed by atoms with Crippen LogP contribution in [-0.4, -0.2) is 53.9 Å². The number of ether oxygens (including phenoxy) is 3. The number of methoxy groups -OCH3 is 1. The zero-order valence-corrected chi connectivity index (χ0v) is 16.2. The van der Waals surface area contributed by atoms with Crippen molar-refractivity contribution in [3.8, 4) is 11.5 Å². The minimum absolute atomic E-state index is 0.113. The van der Waals surface area contributed by atoms with Gasteiger partial charge < -0.3 is 24.6 Å². The van der Waals surface area contributed by atoms with Crippen LogP contribution in [0, 0.1) is 0 Å². The monoisotopic (exact) mass is 380 g/mol. The number of aromatic nitrogens is 1. The third-order valence-electron chi connectivity index (χ3n) is 3.70. The van der Waals surface area contributed by atoms with Crippen LogP contribution in [0.3, 0.4) is 0 Å². The zero-order chi connectivity index (χ0) is 20.4. The Labute approximate surface area is 159 Å². The van der Waals surface area contributed by atoms with E-state index in [1.54, 1.807) is 13.0 Å². The summed E-state index contributed by atoms with van der Waals surface area (Å²) in [6.07, 6.45) is 3.71. The molecule has 8 heteroatoms. The maximum absolute atomic E-state index is 12.2. The Hall–Kier alpha value is -2.61. The van der Waals surface area contributed by atoms with Crippen molar-refractivity contribution in [2.45, 2.75) is 51.9 Å². The smallest absolute Gasteiger partial charge is 0.328 e. The van der Waals surface area contributed by atoms with E-state index in [9.17, 15) is 14.7 Å². The number of nitrogens with zero attached hydrogens (tertiary/aromatic N) is 1. The maximum Gasteiger partial charge on any atom is 0.328 e. The van der Waals surface area contributed by atoms with Crippen molar-refractivity contribution in [2.75, 3.05) is 13.7 Å². The first kappa shape index (κ1) is 22.4. The fourth-order valence-corrected chi connectivity index (χ4v) is 2.27. The van der Waals surface area contributed by atoms with E-state index in [1.165, 1.54) is 26.3 Å². The largest absolute Gasteiger partial charge is 0.503 e. The second kappa shape index (κ2) is 11.2. The van der Waals surface area contributed by atoms with Gasteiger partial charge in [0.15, 0.2) is 17.2 Å². The first-order valence-corrected chi connectivity index (χ1v) is 8.81. The van der Waals surface area contributed by atoms with Gasteiger partial charge in [-0.25, -0.2) is 9.78 Å². The summed E-state index contributed by atoms with van der Waals surface area (Å²) in [5, 5.41) is 12.4. The molecule has 0 aliphatic rings. The summed E-state index contributed by atoms with van der Waals surface area (Å²) in [5.41, 5.74) is -0.235. The molecule has 0 aliphatic heterocycles. The zero-order valence-electron chi connectivity index (χ0n) is 16.2. The summed E-state index contributed by atoms with van der Waals surface area (Å²) in [6, 6.07) is 0.494. The van der Waals surface area contributed by atoms with Crippen molar-refractivity contribution in [1.29, 1.82) is 0 Å². The lowest BCUT2D eigenvalue weighted by Gasteiger charge is -2.21. The molecule has 1 aromatic rings. The summed E-state index contributed by atoms with van der Waals surface area (Å²) >= 11 is 0. The number of pyridine rings is 1. The average molecular weight is 380 g/mol. The molecule has 1 amide bonds. The van der Waals surface area contributed by atoms with Gasteiger partial charge >= 0.3 is 5.97 Å². The third-order valence-corrected chi connectivity index (χ3v) is 3.70. The van der Waals surface area contributed by atoms with Gasteiger partial charge in [0.05, 0.1) is 13.2 Å². The van der Waals surface area contributed by atoms with Gasteiger partial charge in [0.1, 0.15) is 12.1 Å². The first-order valence-electron chi connectivity index (χ1n) is 8.81. The molecule has 0 aromatic carbocycles. The van der Waals surface area contributed by atoms with E-state index in [0.29, 0.717) is 13.0 Å². The molecular formula is C19H28N2O6. The van der Waals surface area contributed by atoms with Gasteiger partial charge in [-0.1, -0.05) is 13.0 Å². The highest BCUT2D eigenvalue weighted by atomic mass is 16.5. The van der Waals surface area contributed by atoms with Crippen LogP contribution in [0.4, 0.5) is 0 Å². The summed E-state index contributed by atoms with van der Waals surface area (Å²) < 4.78 is 15.9. The van der Waals surface area contributed by atoms with Crippen LogP contribution in [0.15, 0.2) is 24.9 Å². The molecule has 1 rings (SSSR count). The van der Waals surface area contributed by atoms with Crippen LogP contribution < -0.4 is 10.1 Å². The van der Waals surface area contributed by atoms with Crippen LogP contribution in [0.25, 0.3) is 0 Å². The Morgan fingerprint density at radius 2 is 2.11 bits per heavy atom. The normalized spacial score (nSPS) is 13.9. The highest BCUT2D eigenvalue weighted by molar-refractivity contribution is 5.97. The van der Waals surface area contributed by atoms with E-state index in [2.05, 4.69) is 16.9 Å². The molecule has 0 radical (unpaired) electrons. The molecule has 8 nitrogen and oxygen atoms in total. The first-order chi connectivity index (χ1) is 12.8. The van der Waals surface area contributed by atoms with Crippen molar-refractivity contribution < 1.29 is 28.9 Å². The molecule has 0 saturated carbocycles. The van der Waals surface area contributed by atoms with Crippen molar-refractivity contribution in [3.63, 3.8) is 0 Å². The van der Waals surface area contributed by atoms with Gasteiger partial charge in [0.2, 0.25) is 0 Å². The second-order valence-corrected chi connectivity index (χ2v) is 6.03. The van der Waals surface area contributed by atoms with Gasteiger partial charge in [-0.2, -0.15) is 0 Å².